The Labute approximate surface area is 144 Å². The lowest BCUT2D eigenvalue weighted by atomic mass is 9.96. The standard InChI is InChI=1S/C16H15ClN6O/c17-12-1-2-14(21-10-12)22-16(24)11-3-7-23(8-4-11)15-13(9-18)19-5-6-20-15/h1-2,5-6,10-11H,3-4,7-8H2,(H,21,22,24). The molecule has 1 aliphatic heterocycles. The number of nitrogens with zero attached hydrogens (tertiary/aromatic N) is 5. The fourth-order valence-corrected chi connectivity index (χ4v) is 2.78. The van der Waals surface area contributed by atoms with E-state index in [0.29, 0.717) is 48.3 Å². The molecule has 0 saturated carbocycles. The summed E-state index contributed by atoms with van der Waals surface area (Å²) in [4.78, 5) is 26.7. The molecule has 0 spiro atoms. The molecule has 0 atom stereocenters. The highest BCUT2D eigenvalue weighted by Gasteiger charge is 2.27. The van der Waals surface area contributed by atoms with E-state index >= 15 is 0 Å². The SMILES string of the molecule is N#Cc1nccnc1N1CCC(C(=O)Nc2ccc(Cl)cn2)CC1. The topological polar surface area (TPSA) is 94.8 Å². The Bertz CT molecular complexity index is 765. The molecule has 0 aliphatic carbocycles. The maximum absolute atomic E-state index is 12.3. The summed E-state index contributed by atoms with van der Waals surface area (Å²) in [5.41, 5.74) is 0.311. The zero-order chi connectivity index (χ0) is 16.9. The summed E-state index contributed by atoms with van der Waals surface area (Å²) in [6.45, 7) is 1.30. The second-order valence-electron chi connectivity index (χ2n) is 5.45. The molecule has 1 N–H and O–H groups in total. The van der Waals surface area contributed by atoms with Gasteiger partial charge in [-0.3, -0.25) is 4.79 Å². The number of carbonyl (C=O) groups excluding carboxylic acids is 1. The van der Waals surface area contributed by atoms with Crippen LogP contribution in [-0.2, 0) is 4.79 Å². The number of nitrogens with one attached hydrogen (secondary N) is 1. The van der Waals surface area contributed by atoms with Crippen LogP contribution in [0.4, 0.5) is 11.6 Å². The Morgan fingerprint density at radius 3 is 2.67 bits per heavy atom. The molecule has 1 amide bonds. The van der Waals surface area contributed by atoms with Crippen molar-refractivity contribution in [2.75, 3.05) is 23.3 Å². The third kappa shape index (κ3) is 3.60. The Hall–Kier alpha value is -2.72. The highest BCUT2D eigenvalue weighted by Crippen LogP contribution is 2.24. The van der Waals surface area contributed by atoms with Gasteiger partial charge in [0, 0.05) is 37.6 Å². The van der Waals surface area contributed by atoms with Gasteiger partial charge in [-0.2, -0.15) is 5.26 Å². The predicted octanol–water partition coefficient (Wildman–Crippen LogP) is 2.25. The Morgan fingerprint density at radius 2 is 2.00 bits per heavy atom. The minimum atomic E-state index is -0.0964. The van der Waals surface area contributed by atoms with Gasteiger partial charge in [0.15, 0.2) is 11.5 Å². The third-order valence-electron chi connectivity index (χ3n) is 3.93. The van der Waals surface area contributed by atoms with Gasteiger partial charge in [0.05, 0.1) is 5.02 Å². The Morgan fingerprint density at radius 1 is 1.25 bits per heavy atom. The maximum Gasteiger partial charge on any atom is 0.228 e. The lowest BCUT2D eigenvalue weighted by molar-refractivity contribution is -0.120. The zero-order valence-electron chi connectivity index (χ0n) is 12.8. The van der Waals surface area contributed by atoms with Crippen molar-refractivity contribution in [3.63, 3.8) is 0 Å². The summed E-state index contributed by atoms with van der Waals surface area (Å²) in [7, 11) is 0. The average molecular weight is 343 g/mol. The maximum atomic E-state index is 12.3. The number of hydrogen-bond donors (Lipinski definition) is 1. The van der Waals surface area contributed by atoms with Gasteiger partial charge in [-0.25, -0.2) is 15.0 Å². The van der Waals surface area contributed by atoms with Crippen molar-refractivity contribution in [3.05, 3.63) is 41.4 Å². The number of rotatable bonds is 3. The van der Waals surface area contributed by atoms with Gasteiger partial charge in [-0.05, 0) is 25.0 Å². The lowest BCUT2D eigenvalue weighted by Crippen LogP contribution is -2.39. The van der Waals surface area contributed by atoms with Crippen LogP contribution < -0.4 is 10.2 Å². The summed E-state index contributed by atoms with van der Waals surface area (Å²) < 4.78 is 0. The van der Waals surface area contributed by atoms with E-state index in [9.17, 15) is 4.79 Å². The summed E-state index contributed by atoms with van der Waals surface area (Å²) >= 11 is 5.78. The van der Waals surface area contributed by atoms with Crippen molar-refractivity contribution in [1.82, 2.24) is 15.0 Å². The number of pyridine rings is 1. The molecule has 3 heterocycles. The van der Waals surface area contributed by atoms with Gasteiger partial charge in [-0.15, -0.1) is 0 Å². The van der Waals surface area contributed by atoms with Crippen molar-refractivity contribution in [3.8, 4) is 6.07 Å². The normalized spacial score (nSPS) is 14.9. The summed E-state index contributed by atoms with van der Waals surface area (Å²) in [5.74, 6) is 0.927. The van der Waals surface area contributed by atoms with E-state index in [1.807, 2.05) is 4.90 Å². The predicted molar refractivity (Wildman–Crippen MR) is 89.6 cm³/mol. The molecule has 8 heteroatoms. The van der Waals surface area contributed by atoms with Gasteiger partial charge in [0.2, 0.25) is 5.91 Å². The number of anilines is 2. The van der Waals surface area contributed by atoms with Crippen molar-refractivity contribution in [2.45, 2.75) is 12.8 Å². The molecule has 1 aliphatic rings. The fourth-order valence-electron chi connectivity index (χ4n) is 2.67. The molecule has 1 saturated heterocycles. The minimum absolute atomic E-state index is 0.0517. The molecule has 0 bridgehead atoms. The van der Waals surface area contributed by atoms with Gasteiger partial charge in [0.1, 0.15) is 11.9 Å². The molecule has 0 unspecified atom stereocenters. The van der Waals surface area contributed by atoms with Crippen molar-refractivity contribution in [2.24, 2.45) is 5.92 Å². The molecule has 24 heavy (non-hydrogen) atoms. The van der Waals surface area contributed by atoms with E-state index in [1.54, 1.807) is 18.3 Å². The number of nitriles is 1. The molecule has 1 fully saturated rings. The van der Waals surface area contributed by atoms with Crippen LogP contribution in [0.2, 0.25) is 5.02 Å². The number of aromatic nitrogens is 3. The quantitative estimate of drug-likeness (QED) is 0.919. The summed E-state index contributed by atoms with van der Waals surface area (Å²) in [6.07, 6.45) is 5.93. The second-order valence-corrected chi connectivity index (χ2v) is 5.89. The van der Waals surface area contributed by atoms with Crippen molar-refractivity contribution >= 4 is 29.1 Å². The van der Waals surface area contributed by atoms with E-state index in [0.717, 1.165) is 0 Å². The van der Waals surface area contributed by atoms with Crippen LogP contribution in [0.15, 0.2) is 30.7 Å². The lowest BCUT2D eigenvalue weighted by Gasteiger charge is -2.32. The molecule has 2 aromatic rings. The fraction of sp³-hybridized carbons (Fsp3) is 0.312. The van der Waals surface area contributed by atoms with Crippen LogP contribution in [-0.4, -0.2) is 33.9 Å². The zero-order valence-corrected chi connectivity index (χ0v) is 13.6. The highest BCUT2D eigenvalue weighted by atomic mass is 35.5. The molecule has 122 valence electrons. The summed E-state index contributed by atoms with van der Waals surface area (Å²) in [6, 6.07) is 5.41. The molecular formula is C16H15ClN6O. The number of halogens is 1. The van der Waals surface area contributed by atoms with Gasteiger partial charge >= 0.3 is 0 Å². The monoisotopic (exact) mass is 342 g/mol. The van der Waals surface area contributed by atoms with Crippen LogP contribution >= 0.6 is 11.6 Å². The van der Waals surface area contributed by atoms with Crippen molar-refractivity contribution < 1.29 is 4.79 Å². The average Bonchev–Trinajstić information content (AvgIpc) is 2.63. The smallest absolute Gasteiger partial charge is 0.228 e. The van der Waals surface area contributed by atoms with Crippen LogP contribution in [0.5, 0.6) is 0 Å². The number of hydrogen-bond acceptors (Lipinski definition) is 6. The minimum Gasteiger partial charge on any atom is -0.354 e. The number of piperidine rings is 1. The van der Waals surface area contributed by atoms with E-state index < -0.39 is 0 Å². The van der Waals surface area contributed by atoms with Crippen LogP contribution in [0.25, 0.3) is 0 Å². The first-order chi connectivity index (χ1) is 11.7. The molecule has 7 nitrogen and oxygen atoms in total. The molecule has 0 radical (unpaired) electrons. The van der Waals surface area contributed by atoms with Crippen LogP contribution in [0.3, 0.4) is 0 Å². The number of amides is 1. The van der Waals surface area contributed by atoms with E-state index in [1.165, 1.54) is 12.4 Å². The molecule has 0 aromatic carbocycles. The van der Waals surface area contributed by atoms with E-state index in [-0.39, 0.29) is 11.8 Å². The van der Waals surface area contributed by atoms with E-state index in [4.69, 9.17) is 16.9 Å². The van der Waals surface area contributed by atoms with Gasteiger partial charge < -0.3 is 10.2 Å². The van der Waals surface area contributed by atoms with E-state index in [2.05, 4.69) is 26.3 Å². The molecule has 2 aromatic heterocycles. The van der Waals surface area contributed by atoms with Crippen molar-refractivity contribution in [1.29, 1.82) is 5.26 Å². The molecule has 3 rings (SSSR count). The second kappa shape index (κ2) is 7.23. The van der Waals surface area contributed by atoms with Crippen LogP contribution in [0.1, 0.15) is 18.5 Å². The third-order valence-corrected chi connectivity index (χ3v) is 4.15. The Kier molecular flexibility index (Phi) is 4.87. The first-order valence-electron chi connectivity index (χ1n) is 7.56. The number of carbonyl (C=O) groups is 1. The largest absolute Gasteiger partial charge is 0.354 e. The first-order valence-corrected chi connectivity index (χ1v) is 7.93. The van der Waals surface area contributed by atoms with Gasteiger partial charge in [-0.1, -0.05) is 11.6 Å². The Balaban J connectivity index is 1.59. The highest BCUT2D eigenvalue weighted by molar-refractivity contribution is 6.30. The first kappa shape index (κ1) is 16.1. The molecular weight excluding hydrogens is 328 g/mol. The summed E-state index contributed by atoms with van der Waals surface area (Å²) in [5, 5.41) is 12.4. The van der Waals surface area contributed by atoms with Gasteiger partial charge in [0.25, 0.3) is 0 Å². The van der Waals surface area contributed by atoms with Crippen LogP contribution in [0, 0.1) is 17.2 Å².